The van der Waals surface area contributed by atoms with Crippen LogP contribution in [0.15, 0.2) is 0 Å². The van der Waals surface area contributed by atoms with Gasteiger partial charge in [0.15, 0.2) is 11.6 Å². The van der Waals surface area contributed by atoms with E-state index in [1.807, 2.05) is 13.8 Å². The molecule has 1 saturated heterocycles. The van der Waals surface area contributed by atoms with Gasteiger partial charge in [-0.2, -0.15) is 0 Å². The van der Waals surface area contributed by atoms with Crippen molar-refractivity contribution in [2.45, 2.75) is 47.0 Å². The summed E-state index contributed by atoms with van der Waals surface area (Å²) in [6, 6.07) is 0. The van der Waals surface area contributed by atoms with Gasteiger partial charge >= 0.3 is 0 Å². The van der Waals surface area contributed by atoms with Crippen LogP contribution in [0.1, 0.15) is 65.7 Å². The van der Waals surface area contributed by atoms with Crippen molar-refractivity contribution >= 4 is 11.6 Å². The second kappa shape index (κ2) is 6.97. The number of Topliss-reactive ketones (excluding diaryl/α,β-unsaturated/α-hetero) is 2. The van der Waals surface area contributed by atoms with Crippen molar-refractivity contribution in [3.05, 3.63) is 22.5 Å². The Balaban J connectivity index is 2.18. The lowest BCUT2D eigenvalue weighted by Gasteiger charge is -2.38. The van der Waals surface area contributed by atoms with Crippen LogP contribution in [0.3, 0.4) is 0 Å². The summed E-state index contributed by atoms with van der Waals surface area (Å²) in [5, 5.41) is 9.55. The Morgan fingerprint density at radius 3 is 2.65 bits per heavy atom. The van der Waals surface area contributed by atoms with E-state index >= 15 is 0 Å². The van der Waals surface area contributed by atoms with Gasteiger partial charge in [0, 0.05) is 29.8 Å². The zero-order chi connectivity index (χ0) is 17.2. The maximum atomic E-state index is 12.7. The predicted octanol–water partition coefficient (Wildman–Crippen LogP) is 2.37. The summed E-state index contributed by atoms with van der Waals surface area (Å²) < 4.78 is 0. The molecule has 2 heterocycles. The smallest absolute Gasteiger partial charge is 0.193 e. The van der Waals surface area contributed by atoms with Crippen LogP contribution >= 0.6 is 0 Å². The van der Waals surface area contributed by atoms with Crippen LogP contribution in [0, 0.1) is 12.3 Å². The quantitative estimate of drug-likeness (QED) is 0.789. The van der Waals surface area contributed by atoms with E-state index in [1.54, 1.807) is 6.92 Å². The molecule has 0 bridgehead atoms. The van der Waals surface area contributed by atoms with E-state index in [-0.39, 0.29) is 23.6 Å². The minimum atomic E-state index is -0.123. The summed E-state index contributed by atoms with van der Waals surface area (Å²) >= 11 is 0. The second-order valence-electron chi connectivity index (χ2n) is 7.09. The number of carbonyl (C=O) groups excluding carboxylic acids is 2. The molecule has 2 rings (SSSR count). The number of aryl methyl sites for hydroxylation is 1. The molecule has 1 aliphatic heterocycles. The van der Waals surface area contributed by atoms with Crippen molar-refractivity contribution in [2.75, 3.05) is 26.2 Å². The van der Waals surface area contributed by atoms with Crippen molar-refractivity contribution < 1.29 is 14.7 Å². The zero-order valence-corrected chi connectivity index (χ0v) is 14.7. The summed E-state index contributed by atoms with van der Waals surface area (Å²) in [5.74, 6) is 0.0279. The maximum Gasteiger partial charge on any atom is 0.193 e. The van der Waals surface area contributed by atoms with E-state index in [9.17, 15) is 14.7 Å². The first-order valence-electron chi connectivity index (χ1n) is 8.40. The number of aliphatic hydroxyl groups excluding tert-OH is 1. The minimum absolute atomic E-state index is 0.000443. The van der Waals surface area contributed by atoms with Gasteiger partial charge in [-0.15, -0.1) is 0 Å². The lowest BCUT2D eigenvalue weighted by molar-refractivity contribution is 0.0444. The Labute approximate surface area is 138 Å². The van der Waals surface area contributed by atoms with Gasteiger partial charge in [-0.25, -0.2) is 0 Å². The molecular formula is C18H28N2O3. The van der Waals surface area contributed by atoms with Crippen molar-refractivity contribution in [3.8, 4) is 0 Å². The average molecular weight is 320 g/mol. The minimum Gasteiger partial charge on any atom is -0.396 e. The van der Waals surface area contributed by atoms with Gasteiger partial charge in [0.25, 0.3) is 0 Å². The van der Waals surface area contributed by atoms with Crippen molar-refractivity contribution in [3.63, 3.8) is 0 Å². The molecule has 5 heteroatoms. The lowest BCUT2D eigenvalue weighted by Crippen LogP contribution is -2.45. The molecule has 1 unspecified atom stereocenters. The van der Waals surface area contributed by atoms with E-state index in [0.29, 0.717) is 24.2 Å². The molecule has 23 heavy (non-hydrogen) atoms. The number of nitrogens with one attached hydrogen (secondary N) is 1. The number of carbonyl (C=O) groups is 2. The molecule has 5 nitrogen and oxygen atoms in total. The molecular weight excluding hydrogens is 292 g/mol. The Morgan fingerprint density at radius 1 is 1.39 bits per heavy atom. The molecule has 1 fully saturated rings. The first-order valence-corrected chi connectivity index (χ1v) is 8.40. The molecule has 1 aromatic heterocycles. The van der Waals surface area contributed by atoms with Crippen LogP contribution in [0.4, 0.5) is 0 Å². The molecule has 2 N–H and O–H groups in total. The van der Waals surface area contributed by atoms with Crippen molar-refractivity contribution in [1.29, 1.82) is 0 Å². The normalized spacial score (nSPS) is 22.3. The second-order valence-corrected chi connectivity index (χ2v) is 7.09. The predicted molar refractivity (Wildman–Crippen MR) is 90.1 cm³/mol. The fraction of sp³-hybridized carbons (Fsp3) is 0.667. The Bertz CT molecular complexity index is 606. The highest BCUT2D eigenvalue weighted by molar-refractivity contribution is 6.04. The van der Waals surface area contributed by atoms with Crippen LogP contribution in [0.5, 0.6) is 0 Å². The third-order valence-corrected chi connectivity index (χ3v) is 4.88. The van der Waals surface area contributed by atoms with Gasteiger partial charge in [0.1, 0.15) is 0 Å². The Hall–Kier alpha value is -1.46. The van der Waals surface area contributed by atoms with E-state index in [4.69, 9.17) is 0 Å². The molecule has 0 saturated carbocycles. The maximum absolute atomic E-state index is 12.7. The topological polar surface area (TPSA) is 73.4 Å². The average Bonchev–Trinajstić information content (AvgIpc) is 2.84. The summed E-state index contributed by atoms with van der Waals surface area (Å²) in [5.41, 5.74) is 2.72. The molecule has 0 aromatic carbocycles. The van der Waals surface area contributed by atoms with Crippen LogP contribution in [-0.2, 0) is 6.42 Å². The standard InChI is InChI=1S/C18H28N2O3/c1-5-14-16(13(3)22)12(2)19-17(14)15(23)9-20-8-6-7-18(4,10-20)11-21/h19,21H,5-11H2,1-4H3. The molecule has 0 amide bonds. The Morgan fingerprint density at radius 2 is 2.09 bits per heavy atom. The van der Waals surface area contributed by atoms with E-state index in [0.717, 1.165) is 37.2 Å². The number of aromatic nitrogens is 1. The van der Waals surface area contributed by atoms with Gasteiger partial charge in [0.2, 0.25) is 0 Å². The number of aliphatic hydroxyl groups is 1. The van der Waals surface area contributed by atoms with Gasteiger partial charge < -0.3 is 10.1 Å². The Kier molecular flexibility index (Phi) is 5.42. The summed E-state index contributed by atoms with van der Waals surface area (Å²) in [7, 11) is 0. The van der Waals surface area contributed by atoms with Crippen LogP contribution < -0.4 is 0 Å². The molecule has 1 aromatic rings. The number of aromatic amines is 1. The summed E-state index contributed by atoms with van der Waals surface area (Å²) in [4.78, 5) is 29.8. The highest BCUT2D eigenvalue weighted by Crippen LogP contribution is 2.29. The fourth-order valence-corrected chi connectivity index (χ4v) is 3.72. The number of H-pyrrole nitrogens is 1. The molecule has 0 radical (unpaired) electrons. The van der Waals surface area contributed by atoms with Crippen LogP contribution in [0.25, 0.3) is 0 Å². The highest BCUT2D eigenvalue weighted by atomic mass is 16.3. The summed E-state index contributed by atoms with van der Waals surface area (Å²) in [6.07, 6.45) is 2.65. The SMILES string of the molecule is CCc1c(C(=O)CN2CCCC(C)(CO)C2)[nH]c(C)c1C(C)=O. The third-order valence-electron chi connectivity index (χ3n) is 4.88. The first kappa shape index (κ1) is 17.9. The van der Waals surface area contributed by atoms with Gasteiger partial charge in [-0.3, -0.25) is 14.5 Å². The monoisotopic (exact) mass is 320 g/mol. The molecule has 0 aliphatic carbocycles. The zero-order valence-electron chi connectivity index (χ0n) is 14.7. The molecule has 128 valence electrons. The van der Waals surface area contributed by atoms with Crippen LogP contribution in [0.2, 0.25) is 0 Å². The van der Waals surface area contributed by atoms with E-state index in [2.05, 4.69) is 16.8 Å². The number of likely N-dealkylation sites (tertiary alicyclic amines) is 1. The number of hydrogen-bond donors (Lipinski definition) is 2. The van der Waals surface area contributed by atoms with E-state index in [1.165, 1.54) is 0 Å². The van der Waals surface area contributed by atoms with Crippen LogP contribution in [-0.4, -0.2) is 52.8 Å². The van der Waals surface area contributed by atoms with Gasteiger partial charge in [-0.1, -0.05) is 13.8 Å². The number of hydrogen-bond acceptors (Lipinski definition) is 4. The van der Waals surface area contributed by atoms with E-state index < -0.39 is 0 Å². The highest BCUT2D eigenvalue weighted by Gasteiger charge is 2.32. The van der Waals surface area contributed by atoms with Crippen molar-refractivity contribution in [1.82, 2.24) is 9.88 Å². The number of ketones is 2. The number of nitrogens with zero attached hydrogens (tertiary/aromatic N) is 1. The fourth-order valence-electron chi connectivity index (χ4n) is 3.72. The lowest BCUT2D eigenvalue weighted by atomic mass is 9.82. The molecule has 1 atom stereocenters. The van der Waals surface area contributed by atoms with Gasteiger partial charge in [0.05, 0.1) is 12.2 Å². The number of rotatable bonds is 6. The largest absolute Gasteiger partial charge is 0.396 e. The van der Waals surface area contributed by atoms with Crippen molar-refractivity contribution in [2.24, 2.45) is 5.41 Å². The molecule has 0 spiro atoms. The third kappa shape index (κ3) is 3.72. The molecule has 1 aliphatic rings. The first-order chi connectivity index (χ1) is 10.8. The van der Waals surface area contributed by atoms with Gasteiger partial charge in [-0.05, 0) is 45.2 Å². The summed E-state index contributed by atoms with van der Waals surface area (Å²) in [6.45, 7) is 9.51. The number of piperidine rings is 1.